The van der Waals surface area contributed by atoms with Crippen LogP contribution >= 0.6 is 0 Å². The van der Waals surface area contributed by atoms with Gasteiger partial charge in [-0.2, -0.15) is 26.3 Å². The maximum absolute atomic E-state index is 14.0. The number of hydrogen-bond donors (Lipinski definition) is 0. The van der Waals surface area contributed by atoms with Gasteiger partial charge in [0, 0.05) is 26.7 Å². The van der Waals surface area contributed by atoms with E-state index >= 15 is 0 Å². The molecular weight excluding hydrogens is 572 g/mol. The molecule has 0 radical (unpaired) electrons. The van der Waals surface area contributed by atoms with E-state index in [9.17, 15) is 35.9 Å². The Morgan fingerprint density at radius 2 is 1.56 bits per heavy atom. The highest BCUT2D eigenvalue weighted by molar-refractivity contribution is 5.87. The lowest BCUT2D eigenvalue weighted by Gasteiger charge is -2.46. The van der Waals surface area contributed by atoms with Crippen LogP contribution in [0.25, 0.3) is 0 Å². The van der Waals surface area contributed by atoms with Crippen molar-refractivity contribution in [2.24, 2.45) is 5.41 Å². The number of rotatable bonds is 7. The minimum atomic E-state index is -5.00. The van der Waals surface area contributed by atoms with Crippen LogP contribution in [0.2, 0.25) is 0 Å². The van der Waals surface area contributed by atoms with Gasteiger partial charge in [0.2, 0.25) is 5.91 Å². The molecule has 11 heteroatoms. The van der Waals surface area contributed by atoms with Crippen molar-refractivity contribution in [3.8, 4) is 0 Å². The predicted molar refractivity (Wildman–Crippen MR) is 151 cm³/mol. The normalized spacial score (nSPS) is 20.2. The molecule has 2 aliphatic heterocycles. The number of allylic oxidation sites excluding steroid dienone is 2. The van der Waals surface area contributed by atoms with Crippen LogP contribution in [0.3, 0.4) is 0 Å². The quantitative estimate of drug-likeness (QED) is 0.239. The fraction of sp³-hybridized carbons (Fsp3) is 0.438. The fourth-order valence-electron chi connectivity index (χ4n) is 6.56. The zero-order chi connectivity index (χ0) is 31.9. The van der Waals surface area contributed by atoms with Gasteiger partial charge in [-0.15, -0.1) is 13.2 Å². The number of piperazine rings is 1. The van der Waals surface area contributed by atoms with Gasteiger partial charge in [-0.1, -0.05) is 35.9 Å². The molecule has 0 aromatic heterocycles. The van der Waals surface area contributed by atoms with Crippen molar-refractivity contribution in [3.63, 3.8) is 0 Å². The summed E-state index contributed by atoms with van der Waals surface area (Å²) >= 11 is 0. The number of fused-ring (bicyclic) bond motifs is 1. The highest BCUT2D eigenvalue weighted by Gasteiger charge is 2.56. The molecule has 2 aliphatic rings. The van der Waals surface area contributed by atoms with Gasteiger partial charge >= 0.3 is 18.4 Å². The molecule has 2 aromatic carbocycles. The summed E-state index contributed by atoms with van der Waals surface area (Å²) in [6.07, 6.45) is -5.31. The Balaban J connectivity index is 1.72. The molecule has 0 spiro atoms. The molecule has 2 fully saturated rings. The number of benzene rings is 2. The number of alkyl halides is 6. The van der Waals surface area contributed by atoms with Gasteiger partial charge in [-0.05, 0) is 68.0 Å². The van der Waals surface area contributed by atoms with Gasteiger partial charge < -0.3 is 14.7 Å². The van der Waals surface area contributed by atoms with E-state index in [1.54, 1.807) is 22.0 Å². The summed E-state index contributed by atoms with van der Waals surface area (Å²) in [4.78, 5) is 32.3. The van der Waals surface area contributed by atoms with Crippen LogP contribution in [0, 0.1) is 19.3 Å². The van der Waals surface area contributed by atoms with E-state index in [2.05, 4.69) is 13.2 Å². The molecule has 0 saturated carbocycles. The standard InChI is InChI=1S/C32H35F6N3O2/c1-6-10-30(11-7-2)18-26-27(25-9-8-20(3)14-21(25)4)41(13-12-40(26)28(30)42)29(43)39(5)19-22-15-23(31(33,34)35)17-24(16-22)32(36,37)38/h6-9,14-17,26-27H,1-2,10-13,18-19H2,3-5H3/t26-,27?/m0/s1. The number of nitrogens with zero attached hydrogens (tertiary/aromatic N) is 3. The molecule has 2 heterocycles. The second-order valence-corrected chi connectivity index (χ2v) is 11.6. The van der Waals surface area contributed by atoms with Crippen molar-refractivity contribution in [2.75, 3.05) is 20.1 Å². The van der Waals surface area contributed by atoms with Crippen LogP contribution in [-0.2, 0) is 23.7 Å². The lowest BCUT2D eigenvalue weighted by Crippen LogP contribution is -2.57. The SMILES string of the molecule is C=CCC1(CC=C)C[C@H]2C(c3ccc(C)cc3C)N(C(=O)N(C)Cc3cc(C(F)(F)F)cc(C(F)(F)F)c3)CCN2C1=O. The Bertz CT molecular complexity index is 1370. The molecule has 0 N–H and O–H groups in total. The Morgan fingerprint density at radius 1 is 0.977 bits per heavy atom. The molecule has 3 amide bonds. The van der Waals surface area contributed by atoms with E-state index in [-0.39, 0.29) is 30.6 Å². The highest BCUT2D eigenvalue weighted by atomic mass is 19.4. The molecule has 2 atom stereocenters. The zero-order valence-corrected chi connectivity index (χ0v) is 24.4. The Hall–Kier alpha value is -3.76. The van der Waals surface area contributed by atoms with Crippen molar-refractivity contribution in [3.05, 3.63) is 95.1 Å². The molecule has 2 aromatic rings. The summed E-state index contributed by atoms with van der Waals surface area (Å²) in [6, 6.07) is 5.57. The van der Waals surface area contributed by atoms with Crippen molar-refractivity contribution in [1.29, 1.82) is 0 Å². The number of carbonyl (C=O) groups is 2. The predicted octanol–water partition coefficient (Wildman–Crippen LogP) is 7.69. The Kier molecular flexibility index (Phi) is 8.77. The number of halogens is 6. The van der Waals surface area contributed by atoms with Gasteiger partial charge in [-0.3, -0.25) is 4.79 Å². The van der Waals surface area contributed by atoms with Gasteiger partial charge in [0.1, 0.15) is 0 Å². The van der Waals surface area contributed by atoms with E-state index < -0.39 is 53.6 Å². The van der Waals surface area contributed by atoms with Crippen molar-refractivity contribution in [1.82, 2.24) is 14.7 Å². The first-order valence-corrected chi connectivity index (χ1v) is 13.9. The van der Waals surface area contributed by atoms with E-state index in [4.69, 9.17) is 0 Å². The molecule has 1 unspecified atom stereocenters. The topological polar surface area (TPSA) is 43.9 Å². The molecule has 4 rings (SSSR count). The molecule has 2 saturated heterocycles. The van der Waals surface area contributed by atoms with Crippen LogP contribution in [0.4, 0.5) is 31.1 Å². The molecule has 0 bridgehead atoms. The third-order valence-corrected chi connectivity index (χ3v) is 8.45. The first-order chi connectivity index (χ1) is 20.0. The van der Waals surface area contributed by atoms with E-state index in [1.807, 2.05) is 32.0 Å². The van der Waals surface area contributed by atoms with Crippen molar-refractivity contribution < 1.29 is 35.9 Å². The smallest absolute Gasteiger partial charge is 0.335 e. The number of urea groups is 1. The second-order valence-electron chi connectivity index (χ2n) is 11.6. The van der Waals surface area contributed by atoms with Gasteiger partial charge in [-0.25, -0.2) is 4.79 Å². The molecule has 232 valence electrons. The van der Waals surface area contributed by atoms with Crippen LogP contribution in [0.1, 0.15) is 58.7 Å². The van der Waals surface area contributed by atoms with E-state index in [0.29, 0.717) is 31.4 Å². The highest BCUT2D eigenvalue weighted by Crippen LogP contribution is 2.49. The van der Waals surface area contributed by atoms with Crippen molar-refractivity contribution >= 4 is 11.9 Å². The van der Waals surface area contributed by atoms with Gasteiger partial charge in [0.05, 0.1) is 28.6 Å². The summed E-state index contributed by atoms with van der Waals surface area (Å²) in [7, 11) is 1.35. The van der Waals surface area contributed by atoms with Crippen molar-refractivity contribution in [2.45, 2.75) is 64.1 Å². The second kappa shape index (κ2) is 11.7. The first-order valence-electron chi connectivity index (χ1n) is 13.9. The third kappa shape index (κ3) is 6.31. The Morgan fingerprint density at radius 3 is 2.07 bits per heavy atom. The third-order valence-electron chi connectivity index (χ3n) is 8.45. The summed E-state index contributed by atoms with van der Waals surface area (Å²) in [6.45, 7) is 11.4. The Labute approximate surface area is 247 Å². The fourth-order valence-corrected chi connectivity index (χ4v) is 6.56. The minimum Gasteiger partial charge on any atom is -0.335 e. The largest absolute Gasteiger partial charge is 0.416 e. The minimum absolute atomic E-state index is 0.0452. The summed E-state index contributed by atoms with van der Waals surface area (Å²) < 4.78 is 80.7. The van der Waals surface area contributed by atoms with Crippen LogP contribution in [-0.4, -0.2) is 52.8 Å². The number of aryl methyl sites for hydroxylation is 2. The maximum atomic E-state index is 14.0. The first kappa shape index (κ1) is 32.2. The van der Waals surface area contributed by atoms with E-state index in [1.165, 1.54) is 7.05 Å². The monoisotopic (exact) mass is 607 g/mol. The molecular formula is C32H35F6N3O2. The lowest BCUT2D eigenvalue weighted by atomic mass is 9.76. The van der Waals surface area contributed by atoms with Crippen LogP contribution in [0.15, 0.2) is 61.7 Å². The number of amides is 3. The summed E-state index contributed by atoms with van der Waals surface area (Å²) in [5, 5.41) is 0. The molecule has 43 heavy (non-hydrogen) atoms. The average Bonchev–Trinajstić information content (AvgIpc) is 3.18. The van der Waals surface area contributed by atoms with E-state index in [0.717, 1.165) is 21.6 Å². The summed E-state index contributed by atoms with van der Waals surface area (Å²) in [5.41, 5.74) is -1.22. The number of carbonyl (C=O) groups excluding carboxylic acids is 2. The van der Waals surface area contributed by atoms with Gasteiger partial charge in [0.25, 0.3) is 0 Å². The van der Waals surface area contributed by atoms with Crippen LogP contribution < -0.4 is 0 Å². The van der Waals surface area contributed by atoms with Gasteiger partial charge in [0.15, 0.2) is 0 Å². The lowest BCUT2D eigenvalue weighted by molar-refractivity contribution is -0.143. The summed E-state index contributed by atoms with van der Waals surface area (Å²) in [5.74, 6) is -0.0452. The number of hydrogen-bond acceptors (Lipinski definition) is 2. The van der Waals surface area contributed by atoms with Crippen LogP contribution in [0.5, 0.6) is 0 Å². The molecule has 5 nitrogen and oxygen atoms in total. The maximum Gasteiger partial charge on any atom is 0.416 e. The zero-order valence-electron chi connectivity index (χ0n) is 24.4. The molecule has 0 aliphatic carbocycles. The average molecular weight is 608 g/mol.